The van der Waals surface area contributed by atoms with E-state index >= 15 is 0 Å². The first-order valence-electron chi connectivity index (χ1n) is 4.74. The standard InChI is InChI=1S/C14H10N.Li/c1-2-15(13-9-5-3-6-10-13)14-11-7-4-8-12-14;/h3-12H;/q-1;+1. The largest absolute Gasteiger partial charge is 1.00 e. The molecule has 0 heterocycles. The molecule has 0 aromatic heterocycles. The van der Waals surface area contributed by atoms with E-state index in [4.69, 9.17) is 6.42 Å². The maximum absolute atomic E-state index is 7.31. The summed E-state index contributed by atoms with van der Waals surface area (Å²) in [7, 11) is 0. The summed E-state index contributed by atoms with van der Waals surface area (Å²) in [5.74, 6) is 0. The van der Waals surface area contributed by atoms with Crippen molar-refractivity contribution in [3.05, 3.63) is 67.1 Å². The van der Waals surface area contributed by atoms with Crippen LogP contribution in [0, 0.1) is 12.5 Å². The molecule has 2 rings (SSSR count). The van der Waals surface area contributed by atoms with E-state index in [1.54, 1.807) is 4.90 Å². The van der Waals surface area contributed by atoms with E-state index in [0.29, 0.717) is 0 Å². The first-order chi connectivity index (χ1) is 7.42. The van der Waals surface area contributed by atoms with E-state index in [-0.39, 0.29) is 18.9 Å². The molecule has 0 saturated heterocycles. The Labute approximate surface area is 108 Å². The van der Waals surface area contributed by atoms with Gasteiger partial charge in [-0.05, 0) is 24.3 Å². The van der Waals surface area contributed by atoms with E-state index in [1.165, 1.54) is 0 Å². The number of benzene rings is 2. The minimum atomic E-state index is 0. The summed E-state index contributed by atoms with van der Waals surface area (Å²) >= 11 is 0. The van der Waals surface area contributed by atoms with Crippen LogP contribution in [-0.2, 0) is 0 Å². The van der Waals surface area contributed by atoms with Crippen LogP contribution in [0.1, 0.15) is 0 Å². The Bertz CT molecular complexity index is 420. The molecule has 2 heteroatoms. The first-order valence-corrected chi connectivity index (χ1v) is 4.74. The third kappa shape index (κ3) is 2.71. The van der Waals surface area contributed by atoms with Gasteiger partial charge in [0.1, 0.15) is 0 Å². The molecule has 0 N–H and O–H groups in total. The van der Waals surface area contributed by atoms with Crippen molar-refractivity contribution in [1.29, 1.82) is 0 Å². The first kappa shape index (κ1) is 12.5. The maximum Gasteiger partial charge on any atom is 1.00 e. The molecule has 0 spiro atoms. The van der Waals surface area contributed by atoms with Crippen molar-refractivity contribution in [1.82, 2.24) is 0 Å². The second-order valence-corrected chi connectivity index (χ2v) is 3.12. The number of hydrogen-bond donors (Lipinski definition) is 0. The number of nitrogens with zero attached hydrogens (tertiary/aromatic N) is 1. The molecule has 2 aromatic carbocycles. The molecule has 0 saturated carbocycles. The minimum absolute atomic E-state index is 0. The van der Waals surface area contributed by atoms with Gasteiger partial charge in [-0.3, -0.25) is 0 Å². The Morgan fingerprint density at radius 3 is 1.44 bits per heavy atom. The van der Waals surface area contributed by atoms with Crippen LogP contribution >= 0.6 is 0 Å². The minimum Gasteiger partial charge on any atom is -0.669 e. The van der Waals surface area contributed by atoms with Gasteiger partial charge in [-0.15, -0.1) is 0 Å². The molecule has 0 amide bonds. The molecule has 0 atom stereocenters. The number of para-hydroxylation sites is 2. The normalized spacial score (nSPS) is 8.69. The number of hydrogen-bond acceptors (Lipinski definition) is 1. The third-order valence-corrected chi connectivity index (χ3v) is 2.14. The van der Waals surface area contributed by atoms with E-state index < -0.39 is 0 Å². The molecule has 1 nitrogen and oxygen atoms in total. The Morgan fingerprint density at radius 1 is 0.750 bits per heavy atom. The van der Waals surface area contributed by atoms with Crippen molar-refractivity contribution in [2.24, 2.45) is 0 Å². The fourth-order valence-corrected chi connectivity index (χ4v) is 1.43. The summed E-state index contributed by atoms with van der Waals surface area (Å²) < 4.78 is 0. The molecule has 0 aliphatic carbocycles. The number of anilines is 2. The molecule has 0 bridgehead atoms. The molecule has 0 radical (unpaired) electrons. The van der Waals surface area contributed by atoms with Crippen molar-refractivity contribution in [3.8, 4) is 6.04 Å². The molecule has 0 unspecified atom stereocenters. The van der Waals surface area contributed by atoms with Gasteiger partial charge in [0, 0.05) is 0 Å². The second kappa shape index (κ2) is 6.08. The molecular weight excluding hydrogens is 189 g/mol. The molecule has 0 aliphatic rings. The molecule has 0 fully saturated rings. The van der Waals surface area contributed by atoms with Crippen molar-refractivity contribution in [3.63, 3.8) is 0 Å². The van der Waals surface area contributed by atoms with Crippen LogP contribution in [0.15, 0.2) is 60.7 Å². The fraction of sp³-hybridized carbons (Fsp3) is 0. The van der Waals surface area contributed by atoms with Gasteiger partial charge >= 0.3 is 18.9 Å². The predicted octanol–water partition coefficient (Wildman–Crippen LogP) is 0.376. The van der Waals surface area contributed by atoms with Gasteiger partial charge in [-0.25, -0.2) is 6.04 Å². The van der Waals surface area contributed by atoms with Crippen LogP contribution in [0.4, 0.5) is 11.4 Å². The Balaban J connectivity index is 0.00000128. The smallest absolute Gasteiger partial charge is 0.669 e. The van der Waals surface area contributed by atoms with Crippen molar-refractivity contribution >= 4 is 11.4 Å². The summed E-state index contributed by atoms with van der Waals surface area (Å²) in [4.78, 5) is 1.71. The van der Waals surface area contributed by atoms with Gasteiger partial charge in [-0.1, -0.05) is 36.4 Å². The monoisotopic (exact) mass is 199 g/mol. The van der Waals surface area contributed by atoms with Gasteiger partial charge < -0.3 is 11.3 Å². The molecule has 72 valence electrons. The Morgan fingerprint density at radius 2 is 1.12 bits per heavy atom. The summed E-state index contributed by atoms with van der Waals surface area (Å²) in [6.07, 6.45) is 7.31. The predicted molar refractivity (Wildman–Crippen MR) is 62.2 cm³/mol. The molecular formula is C14H10LiN. The van der Waals surface area contributed by atoms with Crippen molar-refractivity contribution in [2.75, 3.05) is 4.90 Å². The Kier molecular flexibility index (Phi) is 4.74. The third-order valence-electron chi connectivity index (χ3n) is 2.14. The zero-order valence-electron chi connectivity index (χ0n) is 9.22. The summed E-state index contributed by atoms with van der Waals surface area (Å²) in [6, 6.07) is 21.9. The van der Waals surface area contributed by atoms with Crippen molar-refractivity contribution in [2.45, 2.75) is 0 Å². The maximum atomic E-state index is 7.31. The quantitative estimate of drug-likeness (QED) is 0.292. The van der Waals surface area contributed by atoms with Crippen LogP contribution in [0.2, 0.25) is 0 Å². The summed E-state index contributed by atoms with van der Waals surface area (Å²) in [6.45, 7) is 0. The number of rotatable bonds is 2. The summed E-state index contributed by atoms with van der Waals surface area (Å²) in [5.41, 5.74) is 1.89. The van der Waals surface area contributed by atoms with Crippen LogP contribution in [0.25, 0.3) is 0 Å². The average Bonchev–Trinajstić information content (AvgIpc) is 2.33. The molecule has 16 heavy (non-hydrogen) atoms. The van der Waals surface area contributed by atoms with Gasteiger partial charge in [0.15, 0.2) is 0 Å². The van der Waals surface area contributed by atoms with Gasteiger partial charge in [0.25, 0.3) is 0 Å². The Hall–Kier alpha value is -1.60. The van der Waals surface area contributed by atoms with E-state index in [1.807, 2.05) is 60.7 Å². The summed E-state index contributed by atoms with van der Waals surface area (Å²) in [5, 5.41) is 0. The second-order valence-electron chi connectivity index (χ2n) is 3.12. The van der Waals surface area contributed by atoms with Crippen molar-refractivity contribution < 1.29 is 18.9 Å². The van der Waals surface area contributed by atoms with E-state index in [0.717, 1.165) is 11.4 Å². The van der Waals surface area contributed by atoms with Crippen LogP contribution in [-0.4, -0.2) is 0 Å². The van der Waals surface area contributed by atoms with Gasteiger partial charge in [0.2, 0.25) is 0 Å². The SMILES string of the molecule is [C-]#CN(c1ccccc1)c1ccccc1.[Li+]. The zero-order chi connectivity index (χ0) is 10.5. The van der Waals surface area contributed by atoms with Crippen LogP contribution in [0.5, 0.6) is 0 Å². The fourth-order valence-electron chi connectivity index (χ4n) is 1.43. The molecule has 0 aliphatic heterocycles. The van der Waals surface area contributed by atoms with E-state index in [9.17, 15) is 0 Å². The molecule has 2 aromatic rings. The van der Waals surface area contributed by atoms with Crippen LogP contribution in [0.3, 0.4) is 0 Å². The van der Waals surface area contributed by atoms with E-state index in [2.05, 4.69) is 6.04 Å². The van der Waals surface area contributed by atoms with Gasteiger partial charge in [0.05, 0.1) is 11.4 Å². The van der Waals surface area contributed by atoms with Crippen LogP contribution < -0.4 is 23.8 Å². The average molecular weight is 199 g/mol. The van der Waals surface area contributed by atoms with Gasteiger partial charge in [-0.2, -0.15) is 0 Å². The topological polar surface area (TPSA) is 3.24 Å². The zero-order valence-corrected chi connectivity index (χ0v) is 9.22.